The van der Waals surface area contributed by atoms with Crippen LogP contribution in [0.25, 0.3) is 0 Å². The third-order valence-corrected chi connectivity index (χ3v) is 4.08. The minimum atomic E-state index is -4.05. The molecular weight excluding hydrogens is 252 g/mol. The van der Waals surface area contributed by atoms with Crippen LogP contribution in [0, 0.1) is 0 Å². The summed E-state index contributed by atoms with van der Waals surface area (Å²) in [6, 6.07) is 0. The zero-order chi connectivity index (χ0) is 13.9. The second kappa shape index (κ2) is 10.7. The van der Waals surface area contributed by atoms with Gasteiger partial charge in [-0.25, -0.2) is 0 Å². The molecule has 0 aliphatic rings. The molecule has 1 atom stereocenters. The molecule has 0 aromatic heterocycles. The highest BCUT2D eigenvalue weighted by atomic mass is 32.2. The Morgan fingerprint density at radius 2 is 1.22 bits per heavy atom. The summed E-state index contributed by atoms with van der Waals surface area (Å²) in [5.41, 5.74) is 10.7. The zero-order valence-electron chi connectivity index (χ0n) is 11.2. The molecule has 0 rings (SSSR count). The van der Waals surface area contributed by atoms with E-state index in [9.17, 15) is 8.42 Å². The Morgan fingerprint density at radius 1 is 0.833 bits per heavy atom. The van der Waals surface area contributed by atoms with Gasteiger partial charge in [0.2, 0.25) is 0 Å². The number of unbranched alkanes of at least 4 members (excludes halogenated alkanes) is 8. The predicted octanol–water partition coefficient (Wildman–Crippen LogP) is 2.02. The van der Waals surface area contributed by atoms with Crippen molar-refractivity contribution in [2.45, 2.75) is 69.6 Å². The molecule has 0 saturated heterocycles. The van der Waals surface area contributed by atoms with Crippen LogP contribution in [0.1, 0.15) is 64.2 Å². The Hall–Kier alpha value is -0.170. The lowest BCUT2D eigenvalue weighted by Crippen LogP contribution is -2.29. The van der Waals surface area contributed by atoms with Gasteiger partial charge < -0.3 is 11.5 Å². The molecule has 0 radical (unpaired) electrons. The Balaban J connectivity index is 3.22. The third-order valence-electron chi connectivity index (χ3n) is 3.08. The quantitative estimate of drug-likeness (QED) is 0.374. The standard InChI is InChI=1S/C12H28N2O3S/c13-11-9-7-5-3-1-2-4-6-8-10-12(14)18(15,16)17/h12H,1-11,13-14H2,(H,15,16,17). The Kier molecular flexibility index (Phi) is 10.6. The summed E-state index contributed by atoms with van der Waals surface area (Å²) >= 11 is 0. The van der Waals surface area contributed by atoms with E-state index in [1.807, 2.05) is 0 Å². The van der Waals surface area contributed by atoms with Crippen molar-refractivity contribution in [2.75, 3.05) is 6.54 Å². The van der Waals surface area contributed by atoms with Gasteiger partial charge in [0.05, 0.1) is 0 Å². The summed E-state index contributed by atoms with van der Waals surface area (Å²) in [6.45, 7) is 0.786. The summed E-state index contributed by atoms with van der Waals surface area (Å²) in [5, 5.41) is -1.12. The summed E-state index contributed by atoms with van der Waals surface area (Å²) in [4.78, 5) is 0. The van der Waals surface area contributed by atoms with Crippen molar-refractivity contribution in [3.05, 3.63) is 0 Å². The molecular formula is C12H28N2O3S. The van der Waals surface area contributed by atoms with E-state index in [1.165, 1.54) is 32.1 Å². The van der Waals surface area contributed by atoms with Gasteiger partial charge >= 0.3 is 0 Å². The van der Waals surface area contributed by atoms with Crippen molar-refractivity contribution in [3.63, 3.8) is 0 Å². The van der Waals surface area contributed by atoms with Crippen molar-refractivity contribution < 1.29 is 13.0 Å². The predicted molar refractivity (Wildman–Crippen MR) is 74.7 cm³/mol. The van der Waals surface area contributed by atoms with Crippen molar-refractivity contribution in [3.8, 4) is 0 Å². The van der Waals surface area contributed by atoms with Crippen molar-refractivity contribution in [1.82, 2.24) is 0 Å². The maximum Gasteiger partial charge on any atom is 0.280 e. The molecule has 0 bridgehead atoms. The summed E-state index contributed by atoms with van der Waals surface area (Å²) in [7, 11) is -4.05. The third kappa shape index (κ3) is 11.0. The van der Waals surface area contributed by atoms with Crippen LogP contribution in [0.3, 0.4) is 0 Å². The molecule has 1 unspecified atom stereocenters. The van der Waals surface area contributed by atoms with Gasteiger partial charge in [-0.05, 0) is 19.4 Å². The van der Waals surface area contributed by atoms with E-state index < -0.39 is 15.5 Å². The molecule has 6 heteroatoms. The molecule has 110 valence electrons. The summed E-state index contributed by atoms with van der Waals surface area (Å²) in [6.07, 6.45) is 10.5. The lowest BCUT2D eigenvalue weighted by molar-refractivity contribution is 0.457. The van der Waals surface area contributed by atoms with E-state index >= 15 is 0 Å². The molecule has 0 fully saturated rings. The first kappa shape index (κ1) is 17.8. The molecule has 0 aliphatic heterocycles. The fraction of sp³-hybridized carbons (Fsp3) is 1.00. The second-order valence-electron chi connectivity index (χ2n) is 4.81. The van der Waals surface area contributed by atoms with Crippen molar-refractivity contribution in [2.24, 2.45) is 11.5 Å². The van der Waals surface area contributed by atoms with Gasteiger partial charge in [-0.15, -0.1) is 0 Å². The van der Waals surface area contributed by atoms with E-state index in [4.69, 9.17) is 16.0 Å². The smallest absolute Gasteiger partial charge is 0.280 e. The fourth-order valence-corrected chi connectivity index (χ4v) is 2.34. The molecule has 18 heavy (non-hydrogen) atoms. The van der Waals surface area contributed by atoms with Crippen LogP contribution < -0.4 is 11.5 Å². The fourth-order valence-electron chi connectivity index (χ4n) is 1.88. The molecule has 0 aromatic rings. The Bertz CT molecular complexity index is 281. The maximum absolute atomic E-state index is 10.6. The van der Waals surface area contributed by atoms with E-state index in [1.54, 1.807) is 0 Å². The lowest BCUT2D eigenvalue weighted by Gasteiger charge is -2.07. The molecule has 0 spiro atoms. The minimum absolute atomic E-state index is 0.343. The van der Waals surface area contributed by atoms with Gasteiger partial charge in [0, 0.05) is 0 Å². The zero-order valence-corrected chi connectivity index (χ0v) is 12.0. The number of hydrogen-bond donors (Lipinski definition) is 3. The molecule has 5 N–H and O–H groups in total. The summed E-state index contributed by atoms with van der Waals surface area (Å²) < 4.78 is 30.0. The van der Waals surface area contributed by atoms with Gasteiger partial charge in [0.15, 0.2) is 0 Å². The molecule has 0 aromatic carbocycles. The monoisotopic (exact) mass is 280 g/mol. The van der Waals surface area contributed by atoms with Crippen molar-refractivity contribution in [1.29, 1.82) is 0 Å². The van der Waals surface area contributed by atoms with Crippen LogP contribution >= 0.6 is 0 Å². The topological polar surface area (TPSA) is 106 Å². The molecule has 0 saturated carbocycles. The SMILES string of the molecule is NCCCCCCCCCCCC(N)S(=O)(=O)O. The highest BCUT2D eigenvalue weighted by molar-refractivity contribution is 7.86. The summed E-state index contributed by atoms with van der Waals surface area (Å²) in [5.74, 6) is 0. The number of hydrogen-bond acceptors (Lipinski definition) is 4. The molecule has 0 aliphatic carbocycles. The first-order chi connectivity index (χ1) is 8.48. The largest absolute Gasteiger partial charge is 0.330 e. The lowest BCUT2D eigenvalue weighted by atomic mass is 10.1. The normalized spacial score (nSPS) is 13.7. The van der Waals surface area contributed by atoms with Gasteiger partial charge in [0.1, 0.15) is 5.37 Å². The average Bonchev–Trinajstić information content (AvgIpc) is 2.30. The minimum Gasteiger partial charge on any atom is -0.330 e. The average molecular weight is 280 g/mol. The highest BCUT2D eigenvalue weighted by Crippen LogP contribution is 2.11. The Morgan fingerprint density at radius 3 is 1.61 bits per heavy atom. The van der Waals surface area contributed by atoms with E-state index in [2.05, 4.69) is 0 Å². The number of nitrogens with two attached hydrogens (primary N) is 2. The van der Waals surface area contributed by atoms with Gasteiger partial charge in [-0.3, -0.25) is 4.55 Å². The Labute approximate surface area is 111 Å². The van der Waals surface area contributed by atoms with E-state index in [0.29, 0.717) is 6.42 Å². The van der Waals surface area contributed by atoms with E-state index in [-0.39, 0.29) is 0 Å². The maximum atomic E-state index is 10.6. The van der Waals surface area contributed by atoms with Gasteiger partial charge in [0.25, 0.3) is 10.1 Å². The van der Waals surface area contributed by atoms with Crippen molar-refractivity contribution >= 4 is 10.1 Å². The number of rotatable bonds is 12. The first-order valence-electron chi connectivity index (χ1n) is 6.90. The molecule has 5 nitrogen and oxygen atoms in total. The highest BCUT2D eigenvalue weighted by Gasteiger charge is 2.16. The van der Waals surface area contributed by atoms with Crippen LogP contribution in [-0.2, 0) is 10.1 Å². The van der Waals surface area contributed by atoms with Crippen LogP contribution in [0.5, 0.6) is 0 Å². The first-order valence-corrected chi connectivity index (χ1v) is 8.40. The van der Waals surface area contributed by atoms with Gasteiger partial charge in [-0.2, -0.15) is 8.42 Å². The van der Waals surface area contributed by atoms with Crippen LogP contribution in [0.4, 0.5) is 0 Å². The molecule has 0 heterocycles. The van der Waals surface area contributed by atoms with Gasteiger partial charge in [-0.1, -0.05) is 51.4 Å². The van der Waals surface area contributed by atoms with Crippen LogP contribution in [-0.4, -0.2) is 24.9 Å². The molecule has 0 amide bonds. The second-order valence-corrected chi connectivity index (χ2v) is 6.45. The van der Waals surface area contributed by atoms with Crippen LogP contribution in [0.2, 0.25) is 0 Å². The van der Waals surface area contributed by atoms with Crippen LogP contribution in [0.15, 0.2) is 0 Å². The van der Waals surface area contributed by atoms with E-state index in [0.717, 1.165) is 32.2 Å².